The number of rotatable bonds is 5. The molecule has 7 heteroatoms. The summed E-state index contributed by atoms with van der Waals surface area (Å²) in [6.07, 6.45) is -3.01. The van der Waals surface area contributed by atoms with Gasteiger partial charge in [-0.15, -0.1) is 6.58 Å². The molecule has 1 aliphatic rings. The van der Waals surface area contributed by atoms with Crippen LogP contribution >= 0.6 is 0 Å². The predicted octanol–water partition coefficient (Wildman–Crippen LogP) is -1.87. The van der Waals surface area contributed by atoms with E-state index >= 15 is 0 Å². The van der Waals surface area contributed by atoms with E-state index < -0.39 is 37.3 Å². The number of hydrogen-bond donors (Lipinski definition) is 4. The van der Waals surface area contributed by atoms with Crippen LogP contribution in [0, 0.1) is 0 Å². The third kappa shape index (κ3) is 3.50. The van der Waals surface area contributed by atoms with Crippen molar-refractivity contribution in [3.05, 3.63) is 12.7 Å². The lowest BCUT2D eigenvalue weighted by atomic mass is 9.97. The zero-order valence-corrected chi connectivity index (χ0v) is 10.2. The highest BCUT2D eigenvalue weighted by molar-refractivity contribution is 5.73. The van der Waals surface area contributed by atoms with Gasteiger partial charge in [-0.05, 0) is 0 Å². The fraction of sp³-hybridized carbons (Fsp3) is 0.727. The first kappa shape index (κ1) is 15.1. The molecule has 7 nitrogen and oxygen atoms in total. The zero-order chi connectivity index (χ0) is 13.7. The number of aliphatic hydroxyl groups is 3. The Morgan fingerprint density at radius 1 is 1.50 bits per heavy atom. The minimum absolute atomic E-state index is 0.154. The lowest BCUT2D eigenvalue weighted by Gasteiger charge is -2.42. The molecule has 0 aromatic carbocycles. The molecule has 1 fully saturated rings. The molecule has 5 atom stereocenters. The molecule has 0 spiro atoms. The Morgan fingerprint density at radius 3 is 2.67 bits per heavy atom. The summed E-state index contributed by atoms with van der Waals surface area (Å²) < 4.78 is 10.5. The van der Waals surface area contributed by atoms with Gasteiger partial charge in [-0.2, -0.15) is 0 Å². The highest BCUT2D eigenvalue weighted by Gasteiger charge is 2.45. The first-order valence-electron chi connectivity index (χ1n) is 5.63. The zero-order valence-electron chi connectivity index (χ0n) is 10.2. The quantitative estimate of drug-likeness (QED) is 0.432. The Hall–Kier alpha value is -0.990. The Balaban J connectivity index is 2.79. The summed E-state index contributed by atoms with van der Waals surface area (Å²) in [7, 11) is 0. The monoisotopic (exact) mass is 261 g/mol. The van der Waals surface area contributed by atoms with Gasteiger partial charge in [0.25, 0.3) is 0 Å². The molecule has 1 aliphatic heterocycles. The molecule has 1 amide bonds. The minimum Gasteiger partial charge on any atom is -0.394 e. The highest BCUT2D eigenvalue weighted by Crippen LogP contribution is 2.22. The normalized spacial score (nSPS) is 36.1. The van der Waals surface area contributed by atoms with Crippen molar-refractivity contribution in [2.45, 2.75) is 37.6 Å². The number of ether oxygens (including phenoxy) is 2. The van der Waals surface area contributed by atoms with Crippen LogP contribution in [0.5, 0.6) is 0 Å². The third-order valence-corrected chi connectivity index (χ3v) is 2.63. The molecule has 0 saturated carbocycles. The van der Waals surface area contributed by atoms with E-state index in [9.17, 15) is 15.0 Å². The fourth-order valence-corrected chi connectivity index (χ4v) is 1.78. The number of amides is 1. The van der Waals surface area contributed by atoms with Crippen LogP contribution in [0.4, 0.5) is 0 Å². The summed E-state index contributed by atoms with van der Waals surface area (Å²) in [6, 6.07) is -0.903. The number of carbonyl (C=O) groups excluding carboxylic acids is 1. The lowest BCUT2D eigenvalue weighted by molar-refractivity contribution is -0.267. The third-order valence-electron chi connectivity index (χ3n) is 2.63. The number of nitrogens with one attached hydrogen (secondary N) is 1. The van der Waals surface area contributed by atoms with E-state index in [-0.39, 0.29) is 12.5 Å². The molecular weight excluding hydrogens is 242 g/mol. The lowest BCUT2D eigenvalue weighted by Crippen LogP contribution is -2.64. The van der Waals surface area contributed by atoms with Crippen LogP contribution in [0.3, 0.4) is 0 Å². The van der Waals surface area contributed by atoms with Crippen LogP contribution in [0.2, 0.25) is 0 Å². The summed E-state index contributed by atoms with van der Waals surface area (Å²) in [5.74, 6) is -0.385. The maximum absolute atomic E-state index is 11.1. The summed E-state index contributed by atoms with van der Waals surface area (Å²) in [5.41, 5.74) is 0. The smallest absolute Gasteiger partial charge is 0.217 e. The van der Waals surface area contributed by atoms with Gasteiger partial charge >= 0.3 is 0 Å². The molecule has 0 aliphatic carbocycles. The average Bonchev–Trinajstić information content (AvgIpc) is 2.33. The highest BCUT2D eigenvalue weighted by atomic mass is 16.7. The summed E-state index contributed by atoms with van der Waals surface area (Å²) >= 11 is 0. The molecule has 0 aromatic rings. The van der Waals surface area contributed by atoms with E-state index in [1.807, 2.05) is 0 Å². The van der Waals surface area contributed by atoms with Crippen LogP contribution in [-0.4, -0.2) is 65.1 Å². The second kappa shape index (κ2) is 6.81. The van der Waals surface area contributed by atoms with Crippen molar-refractivity contribution in [2.75, 3.05) is 13.2 Å². The summed E-state index contributed by atoms with van der Waals surface area (Å²) in [6.45, 7) is 4.45. The van der Waals surface area contributed by atoms with Gasteiger partial charge in [0.1, 0.15) is 24.4 Å². The molecular formula is C11H19NO6. The number of hydrogen-bond acceptors (Lipinski definition) is 6. The van der Waals surface area contributed by atoms with E-state index in [0.717, 1.165) is 0 Å². The van der Waals surface area contributed by atoms with Crippen LogP contribution in [-0.2, 0) is 14.3 Å². The second-order valence-corrected chi connectivity index (χ2v) is 4.05. The number of aliphatic hydroxyl groups excluding tert-OH is 3. The largest absolute Gasteiger partial charge is 0.394 e. The van der Waals surface area contributed by atoms with Crippen LogP contribution in [0.1, 0.15) is 6.92 Å². The summed E-state index contributed by atoms with van der Waals surface area (Å²) in [4.78, 5) is 11.1. The average molecular weight is 261 g/mol. The van der Waals surface area contributed by atoms with Gasteiger partial charge in [-0.3, -0.25) is 4.79 Å². The fourth-order valence-electron chi connectivity index (χ4n) is 1.78. The SMILES string of the molecule is C=CCO[C@@H]1OC(CO)C(O)C(O)[C@H]1NC(C)=O. The Morgan fingerprint density at radius 2 is 2.17 bits per heavy atom. The number of carbonyl (C=O) groups is 1. The van der Waals surface area contributed by atoms with Gasteiger partial charge in [-0.1, -0.05) is 6.08 Å². The molecule has 104 valence electrons. The first-order valence-corrected chi connectivity index (χ1v) is 5.63. The van der Waals surface area contributed by atoms with Crippen molar-refractivity contribution in [1.82, 2.24) is 5.32 Å². The van der Waals surface area contributed by atoms with Crippen molar-refractivity contribution < 1.29 is 29.6 Å². The van der Waals surface area contributed by atoms with Crippen LogP contribution in [0.15, 0.2) is 12.7 Å². The standard InChI is InChI=1S/C11H19NO6/c1-3-4-17-11-8(12-6(2)14)10(16)9(15)7(5-13)18-11/h3,7-11,13,15-16H,1,4-5H2,2H3,(H,12,14)/t7?,8-,9?,10?,11-/m1/s1. The summed E-state index contributed by atoms with van der Waals surface area (Å²) in [5, 5.41) is 31.1. The molecule has 4 N–H and O–H groups in total. The van der Waals surface area contributed by atoms with Gasteiger partial charge < -0.3 is 30.1 Å². The van der Waals surface area contributed by atoms with Crippen molar-refractivity contribution in [3.8, 4) is 0 Å². The van der Waals surface area contributed by atoms with Gasteiger partial charge in [0, 0.05) is 6.92 Å². The van der Waals surface area contributed by atoms with Crippen molar-refractivity contribution in [2.24, 2.45) is 0 Å². The topological polar surface area (TPSA) is 108 Å². The molecule has 1 saturated heterocycles. The van der Waals surface area contributed by atoms with E-state index in [2.05, 4.69) is 11.9 Å². The van der Waals surface area contributed by atoms with E-state index in [1.165, 1.54) is 13.0 Å². The molecule has 1 heterocycles. The molecule has 1 rings (SSSR count). The first-order chi connectivity index (χ1) is 8.51. The van der Waals surface area contributed by atoms with E-state index in [1.54, 1.807) is 0 Å². The Bertz CT molecular complexity index is 297. The van der Waals surface area contributed by atoms with Crippen LogP contribution < -0.4 is 5.32 Å². The molecule has 18 heavy (non-hydrogen) atoms. The van der Waals surface area contributed by atoms with Crippen molar-refractivity contribution >= 4 is 5.91 Å². The van der Waals surface area contributed by atoms with Gasteiger partial charge in [0.05, 0.1) is 13.2 Å². The molecule has 0 radical (unpaired) electrons. The van der Waals surface area contributed by atoms with Gasteiger partial charge in [0.15, 0.2) is 6.29 Å². The van der Waals surface area contributed by atoms with Crippen molar-refractivity contribution in [1.29, 1.82) is 0 Å². The van der Waals surface area contributed by atoms with Crippen molar-refractivity contribution in [3.63, 3.8) is 0 Å². The van der Waals surface area contributed by atoms with Crippen LogP contribution in [0.25, 0.3) is 0 Å². The maximum Gasteiger partial charge on any atom is 0.217 e. The molecule has 3 unspecified atom stereocenters. The van der Waals surface area contributed by atoms with Gasteiger partial charge in [0.2, 0.25) is 5.91 Å². The Kier molecular flexibility index (Phi) is 5.70. The predicted molar refractivity (Wildman–Crippen MR) is 61.5 cm³/mol. The minimum atomic E-state index is -1.30. The second-order valence-electron chi connectivity index (χ2n) is 4.05. The molecule has 0 aromatic heterocycles. The Labute approximate surface area is 105 Å². The van der Waals surface area contributed by atoms with Gasteiger partial charge in [-0.25, -0.2) is 0 Å². The van der Waals surface area contributed by atoms with E-state index in [0.29, 0.717) is 0 Å². The molecule has 0 bridgehead atoms. The van der Waals surface area contributed by atoms with E-state index in [4.69, 9.17) is 14.6 Å². The maximum atomic E-state index is 11.1.